The fourth-order valence-electron chi connectivity index (χ4n) is 2.76. The Labute approximate surface area is 157 Å². The third-order valence-corrected chi connectivity index (χ3v) is 4.11. The van der Waals surface area contributed by atoms with Crippen molar-refractivity contribution in [2.24, 2.45) is 0 Å². The lowest BCUT2D eigenvalue weighted by Gasteiger charge is -2.15. The van der Waals surface area contributed by atoms with Gasteiger partial charge in [-0.05, 0) is 51.0 Å². The Bertz CT molecular complexity index is 877. The summed E-state index contributed by atoms with van der Waals surface area (Å²) < 4.78 is 15.3. The van der Waals surface area contributed by atoms with Crippen LogP contribution in [0, 0.1) is 20.8 Å². The minimum atomic E-state index is -0.793. The molecule has 2 rings (SSSR count). The fraction of sp³-hybridized carbons (Fsp3) is 0.300. The summed E-state index contributed by atoms with van der Waals surface area (Å²) in [5.41, 5.74) is 1.29. The smallest absolute Gasteiger partial charge is 0.347 e. The van der Waals surface area contributed by atoms with E-state index in [1.807, 2.05) is 0 Å². The maximum absolute atomic E-state index is 12.6. The lowest BCUT2D eigenvalue weighted by atomic mass is 10.0. The highest BCUT2D eigenvalue weighted by molar-refractivity contribution is 5.97. The van der Waals surface area contributed by atoms with E-state index in [-0.39, 0.29) is 35.0 Å². The fourth-order valence-corrected chi connectivity index (χ4v) is 2.76. The minimum absolute atomic E-state index is 0.0000814. The molecule has 0 aromatic heterocycles. The summed E-state index contributed by atoms with van der Waals surface area (Å²) in [6.07, 6.45) is 0. The summed E-state index contributed by atoms with van der Waals surface area (Å²) in [7, 11) is 1.47. The molecule has 0 unspecified atom stereocenters. The van der Waals surface area contributed by atoms with Crippen molar-refractivity contribution in [2.45, 2.75) is 27.7 Å². The highest BCUT2D eigenvalue weighted by Crippen LogP contribution is 2.35. The molecule has 0 radical (unpaired) electrons. The lowest BCUT2D eigenvalue weighted by Crippen LogP contribution is -2.13. The quantitative estimate of drug-likeness (QED) is 0.610. The summed E-state index contributed by atoms with van der Waals surface area (Å²) in [6, 6.07) is 4.21. The summed E-state index contributed by atoms with van der Waals surface area (Å²) in [5.74, 6) is -1.56. The predicted octanol–water partition coefficient (Wildman–Crippen LogP) is 3.43. The number of hydrogen-bond donors (Lipinski definition) is 2. The first-order chi connectivity index (χ1) is 12.7. The van der Waals surface area contributed by atoms with Crippen LogP contribution in [0.1, 0.15) is 44.3 Å². The van der Waals surface area contributed by atoms with Crippen LogP contribution in [-0.2, 0) is 4.74 Å². The number of aromatic hydroxyl groups is 2. The first-order valence-electron chi connectivity index (χ1n) is 8.31. The number of ether oxygens (including phenoxy) is 3. The molecule has 0 spiro atoms. The molecule has 0 heterocycles. The number of aryl methyl sites for hydroxylation is 2. The Balaban J connectivity index is 2.37. The van der Waals surface area contributed by atoms with Crippen molar-refractivity contribution >= 4 is 11.9 Å². The van der Waals surface area contributed by atoms with Gasteiger partial charge in [0.2, 0.25) is 0 Å². The largest absolute Gasteiger partial charge is 0.507 e. The molecule has 2 aromatic carbocycles. The molecule has 7 nitrogen and oxygen atoms in total. The third-order valence-electron chi connectivity index (χ3n) is 4.11. The molecule has 27 heavy (non-hydrogen) atoms. The van der Waals surface area contributed by atoms with Gasteiger partial charge in [-0.3, -0.25) is 0 Å². The van der Waals surface area contributed by atoms with Crippen LogP contribution < -0.4 is 9.47 Å². The van der Waals surface area contributed by atoms with E-state index in [1.165, 1.54) is 13.2 Å². The number of rotatable bonds is 5. The van der Waals surface area contributed by atoms with E-state index in [0.29, 0.717) is 22.4 Å². The number of esters is 2. The molecule has 144 valence electrons. The topological polar surface area (TPSA) is 102 Å². The van der Waals surface area contributed by atoms with Crippen molar-refractivity contribution in [3.8, 4) is 23.0 Å². The molecule has 2 N–H and O–H groups in total. The van der Waals surface area contributed by atoms with Crippen LogP contribution in [0.2, 0.25) is 0 Å². The molecule has 2 aromatic rings. The maximum Gasteiger partial charge on any atom is 0.347 e. The highest BCUT2D eigenvalue weighted by Gasteiger charge is 2.23. The zero-order chi connectivity index (χ0) is 20.3. The number of hydrogen-bond acceptors (Lipinski definition) is 7. The highest BCUT2D eigenvalue weighted by atomic mass is 16.5. The van der Waals surface area contributed by atoms with Crippen molar-refractivity contribution in [3.05, 3.63) is 46.0 Å². The second kappa shape index (κ2) is 7.99. The lowest BCUT2D eigenvalue weighted by molar-refractivity contribution is 0.0522. The van der Waals surface area contributed by atoms with Gasteiger partial charge in [0.25, 0.3) is 0 Å². The Morgan fingerprint density at radius 3 is 2.15 bits per heavy atom. The van der Waals surface area contributed by atoms with E-state index in [2.05, 4.69) is 0 Å². The summed E-state index contributed by atoms with van der Waals surface area (Å²) in [5, 5.41) is 20.4. The molecule has 0 aliphatic carbocycles. The van der Waals surface area contributed by atoms with Crippen LogP contribution in [-0.4, -0.2) is 35.9 Å². The van der Waals surface area contributed by atoms with E-state index in [9.17, 15) is 19.8 Å². The minimum Gasteiger partial charge on any atom is -0.507 e. The van der Waals surface area contributed by atoms with Crippen LogP contribution in [0.3, 0.4) is 0 Å². The number of phenolic OH excluding ortho intramolecular Hbond substituents is 2. The van der Waals surface area contributed by atoms with Crippen LogP contribution in [0.4, 0.5) is 0 Å². The first kappa shape index (κ1) is 20.1. The second-order valence-electron chi connectivity index (χ2n) is 5.99. The van der Waals surface area contributed by atoms with Gasteiger partial charge in [-0.15, -0.1) is 0 Å². The molecule has 7 heteroatoms. The van der Waals surface area contributed by atoms with Gasteiger partial charge in [0.15, 0.2) is 0 Å². The Kier molecular flexibility index (Phi) is 5.95. The van der Waals surface area contributed by atoms with Gasteiger partial charge in [0.05, 0.1) is 13.7 Å². The van der Waals surface area contributed by atoms with Gasteiger partial charge in [-0.1, -0.05) is 0 Å². The van der Waals surface area contributed by atoms with E-state index >= 15 is 0 Å². The number of carbonyl (C=O) groups is 2. The van der Waals surface area contributed by atoms with Crippen LogP contribution in [0.5, 0.6) is 23.0 Å². The van der Waals surface area contributed by atoms with Crippen molar-refractivity contribution < 1.29 is 34.0 Å². The normalized spacial score (nSPS) is 10.4. The molecule has 0 fully saturated rings. The van der Waals surface area contributed by atoms with Gasteiger partial charge in [0.1, 0.15) is 34.1 Å². The zero-order valence-corrected chi connectivity index (χ0v) is 15.9. The van der Waals surface area contributed by atoms with Crippen molar-refractivity contribution in [2.75, 3.05) is 13.7 Å². The van der Waals surface area contributed by atoms with Crippen molar-refractivity contribution in [1.29, 1.82) is 0 Å². The van der Waals surface area contributed by atoms with Gasteiger partial charge < -0.3 is 24.4 Å². The summed E-state index contributed by atoms with van der Waals surface area (Å²) in [6.45, 7) is 6.68. The number of carbonyl (C=O) groups excluding carboxylic acids is 2. The molecule has 0 saturated carbocycles. The Morgan fingerprint density at radius 1 is 0.963 bits per heavy atom. The summed E-state index contributed by atoms with van der Waals surface area (Å²) >= 11 is 0. The van der Waals surface area contributed by atoms with Crippen LogP contribution >= 0.6 is 0 Å². The number of methoxy groups -OCH3 is 1. The van der Waals surface area contributed by atoms with Gasteiger partial charge in [-0.25, -0.2) is 9.59 Å². The van der Waals surface area contributed by atoms with E-state index < -0.39 is 11.9 Å². The molecule has 0 amide bonds. The van der Waals surface area contributed by atoms with Gasteiger partial charge in [-0.2, -0.15) is 0 Å². The maximum atomic E-state index is 12.6. The second-order valence-corrected chi connectivity index (χ2v) is 5.99. The van der Waals surface area contributed by atoms with Crippen molar-refractivity contribution in [1.82, 2.24) is 0 Å². The van der Waals surface area contributed by atoms with E-state index in [1.54, 1.807) is 33.8 Å². The number of benzene rings is 2. The zero-order valence-electron chi connectivity index (χ0n) is 15.9. The van der Waals surface area contributed by atoms with Crippen LogP contribution in [0.25, 0.3) is 0 Å². The summed E-state index contributed by atoms with van der Waals surface area (Å²) in [4.78, 5) is 24.4. The molecule has 0 atom stereocenters. The van der Waals surface area contributed by atoms with E-state index in [4.69, 9.17) is 14.2 Å². The van der Waals surface area contributed by atoms with Gasteiger partial charge >= 0.3 is 11.9 Å². The van der Waals surface area contributed by atoms with Crippen LogP contribution in [0.15, 0.2) is 18.2 Å². The molecule has 0 saturated heterocycles. The predicted molar refractivity (Wildman–Crippen MR) is 97.9 cm³/mol. The number of phenols is 2. The molecular formula is C20H22O7. The Morgan fingerprint density at radius 2 is 1.59 bits per heavy atom. The molecule has 0 aliphatic rings. The SMILES string of the molecule is CCOC(=O)c1c(C)cc(OC(=O)c2c(C)cc(OC)c(C)c2O)cc1O. The van der Waals surface area contributed by atoms with Gasteiger partial charge in [0, 0.05) is 11.6 Å². The molecular weight excluding hydrogens is 352 g/mol. The first-order valence-corrected chi connectivity index (χ1v) is 8.31. The monoisotopic (exact) mass is 374 g/mol. The van der Waals surface area contributed by atoms with E-state index in [0.717, 1.165) is 6.07 Å². The average Bonchev–Trinajstić information content (AvgIpc) is 2.57. The third kappa shape index (κ3) is 3.97. The standard InChI is InChI=1S/C20H22O7/c1-6-26-19(23)16-10(2)7-13(9-14(16)21)27-20(24)17-11(3)8-15(25-5)12(4)18(17)22/h7-9,21-22H,6H2,1-5H3. The van der Waals surface area contributed by atoms with Crippen molar-refractivity contribution in [3.63, 3.8) is 0 Å². The average molecular weight is 374 g/mol. The Hall–Kier alpha value is -3.22. The molecule has 0 aliphatic heterocycles. The molecule has 0 bridgehead atoms.